The van der Waals surface area contributed by atoms with E-state index in [4.69, 9.17) is 11.6 Å². The van der Waals surface area contributed by atoms with Crippen molar-refractivity contribution in [2.45, 2.75) is 39.4 Å². The largest absolute Gasteiger partial charge is 0.381 e. The molecule has 0 aliphatic carbocycles. The van der Waals surface area contributed by atoms with Gasteiger partial charge in [0.15, 0.2) is 5.65 Å². The third-order valence-corrected chi connectivity index (χ3v) is 4.99. The van der Waals surface area contributed by atoms with E-state index in [9.17, 15) is 0 Å². The van der Waals surface area contributed by atoms with Gasteiger partial charge in [0.1, 0.15) is 5.15 Å². The summed E-state index contributed by atoms with van der Waals surface area (Å²) in [5.41, 5.74) is 5.73. The Morgan fingerprint density at radius 2 is 2.16 bits per heavy atom. The lowest BCUT2D eigenvalue weighted by Gasteiger charge is -2.18. The van der Waals surface area contributed by atoms with Gasteiger partial charge >= 0.3 is 0 Å². The van der Waals surface area contributed by atoms with Gasteiger partial charge in [-0.2, -0.15) is 5.10 Å². The van der Waals surface area contributed by atoms with E-state index in [1.807, 2.05) is 10.9 Å². The molecule has 3 aromatic rings. The van der Waals surface area contributed by atoms with Crippen molar-refractivity contribution in [2.75, 3.05) is 11.9 Å². The molecule has 0 bridgehead atoms. The van der Waals surface area contributed by atoms with E-state index < -0.39 is 0 Å². The summed E-state index contributed by atoms with van der Waals surface area (Å²) in [5, 5.41) is 12.8. The number of anilines is 1. The minimum absolute atomic E-state index is 0.258. The third kappa shape index (κ3) is 3.22. The Bertz CT molecular complexity index is 916. The number of nitrogens with zero attached hydrogens (tertiary/aromatic N) is 3. The first-order valence-corrected chi connectivity index (χ1v) is 9.08. The van der Waals surface area contributed by atoms with Crippen LogP contribution in [0.15, 0.2) is 30.5 Å². The van der Waals surface area contributed by atoms with Gasteiger partial charge in [0.25, 0.3) is 0 Å². The summed E-state index contributed by atoms with van der Waals surface area (Å²) < 4.78 is 1.90. The summed E-state index contributed by atoms with van der Waals surface area (Å²) in [7, 11) is 0. The molecule has 2 aromatic heterocycles. The summed E-state index contributed by atoms with van der Waals surface area (Å²) >= 11 is 6.42. The number of halogens is 1. The molecule has 0 spiro atoms. The fourth-order valence-corrected chi connectivity index (χ4v) is 3.49. The van der Waals surface area contributed by atoms with Crippen LogP contribution in [0.1, 0.15) is 36.6 Å². The van der Waals surface area contributed by atoms with E-state index in [-0.39, 0.29) is 6.04 Å². The van der Waals surface area contributed by atoms with E-state index >= 15 is 0 Å². The standard InChI is InChI=1S/C19H22ClN5/c1-12(2)25-19-16(11-23-25)7-15(18(20)24-19)10-22-17-4-3-13-5-6-21-9-14(13)8-17/h3-4,7-8,11-12,21-22H,5-6,9-10H2,1-2H3. The van der Waals surface area contributed by atoms with Crippen molar-refractivity contribution in [3.63, 3.8) is 0 Å². The average Bonchev–Trinajstić information content (AvgIpc) is 3.02. The monoisotopic (exact) mass is 355 g/mol. The summed E-state index contributed by atoms with van der Waals surface area (Å²) in [6.45, 7) is 6.81. The molecule has 4 rings (SSSR count). The quantitative estimate of drug-likeness (QED) is 0.696. The van der Waals surface area contributed by atoms with Gasteiger partial charge in [0.2, 0.25) is 0 Å². The highest BCUT2D eigenvalue weighted by Crippen LogP contribution is 2.24. The van der Waals surface area contributed by atoms with Crippen LogP contribution in [0.3, 0.4) is 0 Å². The molecule has 3 heterocycles. The summed E-state index contributed by atoms with van der Waals surface area (Å²) in [4.78, 5) is 4.56. The van der Waals surface area contributed by atoms with Crippen molar-refractivity contribution in [3.8, 4) is 0 Å². The van der Waals surface area contributed by atoms with Crippen LogP contribution in [-0.4, -0.2) is 21.3 Å². The molecule has 0 radical (unpaired) electrons. The first-order valence-electron chi connectivity index (χ1n) is 8.71. The number of hydrogen-bond donors (Lipinski definition) is 2. The Morgan fingerprint density at radius 3 is 3.00 bits per heavy atom. The zero-order valence-electron chi connectivity index (χ0n) is 14.5. The molecule has 0 amide bonds. The summed E-state index contributed by atoms with van der Waals surface area (Å²) in [5.74, 6) is 0. The Labute approximate surface area is 152 Å². The molecule has 2 N–H and O–H groups in total. The van der Waals surface area contributed by atoms with Crippen molar-refractivity contribution in [1.29, 1.82) is 0 Å². The molecule has 1 aromatic carbocycles. The van der Waals surface area contributed by atoms with E-state index in [0.29, 0.717) is 11.7 Å². The SMILES string of the molecule is CC(C)n1ncc2cc(CNc3ccc4c(c3)CNCC4)c(Cl)nc21. The second-order valence-corrected chi connectivity index (χ2v) is 7.16. The Kier molecular flexibility index (Phi) is 4.36. The maximum absolute atomic E-state index is 6.42. The molecule has 0 saturated carbocycles. The van der Waals surface area contributed by atoms with Crippen LogP contribution in [0, 0.1) is 0 Å². The average molecular weight is 356 g/mol. The maximum Gasteiger partial charge on any atom is 0.159 e. The van der Waals surface area contributed by atoms with Crippen LogP contribution >= 0.6 is 11.6 Å². The normalized spacial score (nSPS) is 14.1. The number of nitrogens with one attached hydrogen (secondary N) is 2. The van der Waals surface area contributed by atoms with Gasteiger partial charge in [0.05, 0.1) is 6.20 Å². The second kappa shape index (κ2) is 6.65. The first kappa shape index (κ1) is 16.4. The minimum atomic E-state index is 0.258. The van der Waals surface area contributed by atoms with Crippen molar-refractivity contribution in [1.82, 2.24) is 20.1 Å². The molecule has 1 aliphatic rings. The van der Waals surface area contributed by atoms with E-state index in [1.165, 1.54) is 11.1 Å². The smallest absolute Gasteiger partial charge is 0.159 e. The highest BCUT2D eigenvalue weighted by Gasteiger charge is 2.12. The molecule has 25 heavy (non-hydrogen) atoms. The Hall–Kier alpha value is -2.11. The Balaban J connectivity index is 1.55. The predicted octanol–water partition coefficient (Wildman–Crippen LogP) is 3.92. The van der Waals surface area contributed by atoms with Crippen molar-refractivity contribution < 1.29 is 0 Å². The number of rotatable bonds is 4. The molecule has 0 fully saturated rings. The second-order valence-electron chi connectivity index (χ2n) is 6.80. The highest BCUT2D eigenvalue weighted by molar-refractivity contribution is 6.30. The predicted molar refractivity (Wildman–Crippen MR) is 102 cm³/mol. The highest BCUT2D eigenvalue weighted by atomic mass is 35.5. The molecular weight excluding hydrogens is 334 g/mol. The van der Waals surface area contributed by atoms with Crippen molar-refractivity contribution in [2.24, 2.45) is 0 Å². The molecule has 130 valence electrons. The van der Waals surface area contributed by atoms with E-state index in [1.54, 1.807) is 0 Å². The first-order chi connectivity index (χ1) is 12.1. The van der Waals surface area contributed by atoms with Gasteiger partial charge in [-0.05, 0) is 56.1 Å². The van der Waals surface area contributed by atoms with Crippen molar-refractivity contribution >= 4 is 28.3 Å². The summed E-state index contributed by atoms with van der Waals surface area (Å²) in [6.07, 6.45) is 2.95. The van der Waals surface area contributed by atoms with Crippen LogP contribution in [0.25, 0.3) is 11.0 Å². The number of fused-ring (bicyclic) bond motifs is 2. The van der Waals surface area contributed by atoms with Gasteiger partial charge in [-0.3, -0.25) is 0 Å². The zero-order valence-corrected chi connectivity index (χ0v) is 15.3. The number of aromatic nitrogens is 3. The molecule has 5 nitrogen and oxygen atoms in total. The third-order valence-electron chi connectivity index (χ3n) is 4.66. The molecule has 0 saturated heterocycles. The van der Waals surface area contributed by atoms with E-state index in [0.717, 1.165) is 41.8 Å². The van der Waals surface area contributed by atoms with Crippen LogP contribution < -0.4 is 10.6 Å². The van der Waals surface area contributed by atoms with Crippen LogP contribution in [0.2, 0.25) is 5.15 Å². The zero-order chi connectivity index (χ0) is 17.4. The maximum atomic E-state index is 6.42. The number of pyridine rings is 1. The fraction of sp³-hybridized carbons (Fsp3) is 0.368. The summed E-state index contributed by atoms with van der Waals surface area (Å²) in [6, 6.07) is 8.91. The molecule has 6 heteroatoms. The van der Waals surface area contributed by atoms with Crippen LogP contribution in [0.4, 0.5) is 5.69 Å². The van der Waals surface area contributed by atoms with Gasteiger partial charge in [-0.25, -0.2) is 9.67 Å². The van der Waals surface area contributed by atoms with Crippen LogP contribution in [0.5, 0.6) is 0 Å². The topological polar surface area (TPSA) is 54.8 Å². The van der Waals surface area contributed by atoms with Gasteiger partial charge in [-0.15, -0.1) is 0 Å². The Morgan fingerprint density at radius 1 is 1.28 bits per heavy atom. The lowest BCUT2D eigenvalue weighted by atomic mass is 10.0. The van der Waals surface area contributed by atoms with E-state index in [2.05, 4.69) is 58.8 Å². The van der Waals surface area contributed by atoms with Gasteiger partial charge in [-0.1, -0.05) is 17.7 Å². The molecule has 1 aliphatic heterocycles. The molecular formula is C19H22ClN5. The van der Waals surface area contributed by atoms with Gasteiger partial charge in [0, 0.05) is 35.8 Å². The minimum Gasteiger partial charge on any atom is -0.381 e. The number of hydrogen-bond acceptors (Lipinski definition) is 4. The molecule has 0 unspecified atom stereocenters. The van der Waals surface area contributed by atoms with Crippen LogP contribution in [-0.2, 0) is 19.5 Å². The van der Waals surface area contributed by atoms with Gasteiger partial charge < -0.3 is 10.6 Å². The lowest BCUT2D eigenvalue weighted by molar-refractivity contribution is 0.546. The fourth-order valence-electron chi connectivity index (χ4n) is 3.29. The number of benzene rings is 1. The molecule has 0 atom stereocenters. The lowest BCUT2D eigenvalue weighted by Crippen LogP contribution is -2.23. The van der Waals surface area contributed by atoms with Crippen molar-refractivity contribution in [3.05, 3.63) is 52.3 Å².